The number of carboxylic acids is 1. The van der Waals surface area contributed by atoms with Gasteiger partial charge in [-0.1, -0.05) is 11.6 Å². The highest BCUT2D eigenvalue weighted by Gasteiger charge is 2.25. The van der Waals surface area contributed by atoms with E-state index in [-0.39, 0.29) is 48.3 Å². The number of carbonyl (C=O) groups excluding carboxylic acids is 2. The number of aromatic carboxylic acids is 1. The van der Waals surface area contributed by atoms with Crippen LogP contribution in [0.25, 0.3) is 22.0 Å². The maximum atomic E-state index is 13.7. The second-order valence-corrected chi connectivity index (χ2v) is 11.1. The van der Waals surface area contributed by atoms with Gasteiger partial charge in [0.2, 0.25) is 5.91 Å². The van der Waals surface area contributed by atoms with Crippen molar-refractivity contribution in [2.45, 2.75) is 32.9 Å². The van der Waals surface area contributed by atoms with Gasteiger partial charge in [-0.05, 0) is 61.9 Å². The van der Waals surface area contributed by atoms with E-state index in [1.807, 2.05) is 0 Å². The van der Waals surface area contributed by atoms with Crippen LogP contribution in [-0.4, -0.2) is 52.7 Å². The molecule has 3 heterocycles. The van der Waals surface area contributed by atoms with Crippen LogP contribution in [0.3, 0.4) is 0 Å². The van der Waals surface area contributed by atoms with Gasteiger partial charge in [-0.2, -0.15) is 0 Å². The summed E-state index contributed by atoms with van der Waals surface area (Å²) < 4.78 is 23.5. The van der Waals surface area contributed by atoms with Crippen LogP contribution in [0.1, 0.15) is 51.8 Å². The fraction of sp³-hybridized carbons (Fsp3) is 0.242. The van der Waals surface area contributed by atoms with Gasteiger partial charge in [0.1, 0.15) is 23.2 Å². The number of halogens is 1. The lowest BCUT2D eigenvalue weighted by atomic mass is 9.97. The molecule has 5 rings (SSSR count). The summed E-state index contributed by atoms with van der Waals surface area (Å²) >= 11 is 6.22. The number of amides is 1. The number of rotatable bonds is 12. The molecule has 14 heteroatoms. The minimum atomic E-state index is -1.21. The molecule has 47 heavy (non-hydrogen) atoms. The van der Waals surface area contributed by atoms with Gasteiger partial charge in [0.05, 0.1) is 19.9 Å². The maximum absolute atomic E-state index is 13.7. The Morgan fingerprint density at radius 1 is 1.02 bits per heavy atom. The minimum absolute atomic E-state index is 0.0721. The Kier molecular flexibility index (Phi) is 9.49. The van der Waals surface area contributed by atoms with Crippen LogP contribution in [0.2, 0.25) is 5.02 Å². The quantitative estimate of drug-likeness (QED) is 0.170. The Balaban J connectivity index is 1.50. The number of ketones is 1. The molecule has 2 aromatic carbocycles. The van der Waals surface area contributed by atoms with Gasteiger partial charge in [0.15, 0.2) is 11.5 Å². The Hall–Kier alpha value is -5.40. The number of methoxy groups -OCH3 is 2. The third kappa shape index (κ3) is 6.76. The molecule has 1 atom stereocenters. The smallest absolute Gasteiger partial charge is 0.495 e. The summed E-state index contributed by atoms with van der Waals surface area (Å²) in [6, 6.07) is 11.2. The molecule has 0 saturated carbocycles. The molecule has 0 spiro atoms. The molecule has 0 bridgehead atoms. The van der Waals surface area contributed by atoms with E-state index < -0.39 is 29.3 Å². The van der Waals surface area contributed by atoms with Gasteiger partial charge in [0.25, 0.3) is 5.56 Å². The number of aryl methyl sites for hydroxylation is 1. The minimum Gasteiger partial charge on any atom is -0.495 e. The second kappa shape index (κ2) is 13.5. The number of nitrogens with zero attached hydrogens (tertiary/aromatic N) is 2. The molecule has 13 nitrogen and oxygen atoms in total. The largest absolute Gasteiger partial charge is 0.519 e. The summed E-state index contributed by atoms with van der Waals surface area (Å²) in [6.07, 6.45) is 1.53. The lowest BCUT2D eigenvalue weighted by Crippen LogP contribution is -2.34. The van der Waals surface area contributed by atoms with Crippen molar-refractivity contribution < 1.29 is 37.8 Å². The van der Waals surface area contributed by atoms with Crippen LogP contribution in [0.15, 0.2) is 73.2 Å². The highest BCUT2D eigenvalue weighted by molar-refractivity contribution is 6.31. The van der Waals surface area contributed by atoms with Crippen LogP contribution in [0, 0.1) is 6.92 Å². The van der Waals surface area contributed by atoms with Crippen molar-refractivity contribution in [1.29, 1.82) is 0 Å². The molecule has 0 aliphatic rings. The van der Waals surface area contributed by atoms with Gasteiger partial charge in [-0.25, -0.2) is 9.59 Å². The molecule has 0 fully saturated rings. The molecule has 0 aliphatic carbocycles. The highest BCUT2D eigenvalue weighted by atomic mass is 35.5. The van der Waals surface area contributed by atoms with Crippen LogP contribution < -0.4 is 21.4 Å². The van der Waals surface area contributed by atoms with Crippen LogP contribution in [0.4, 0.5) is 5.69 Å². The summed E-state index contributed by atoms with van der Waals surface area (Å²) in [7, 11) is 2.88. The van der Waals surface area contributed by atoms with Crippen molar-refractivity contribution in [3.05, 3.63) is 103 Å². The first-order chi connectivity index (χ1) is 22.4. The van der Waals surface area contributed by atoms with Crippen LogP contribution >= 0.6 is 11.6 Å². The third-order valence-corrected chi connectivity index (χ3v) is 7.91. The molecule has 0 radical (unpaired) electrons. The van der Waals surface area contributed by atoms with E-state index in [2.05, 4.69) is 5.32 Å². The fourth-order valence-electron chi connectivity index (χ4n) is 5.40. The average molecular weight is 664 g/mol. The van der Waals surface area contributed by atoms with Crippen molar-refractivity contribution in [2.75, 3.05) is 26.1 Å². The van der Waals surface area contributed by atoms with Crippen molar-refractivity contribution in [2.24, 2.45) is 0 Å². The number of Topliss-reactive ketones (excluding diaryl/α,β-unsaturated/α-hetero) is 1. The predicted octanol–water partition coefficient (Wildman–Crippen LogP) is 5.15. The molecule has 244 valence electrons. The molecule has 3 aromatic heterocycles. The lowest BCUT2D eigenvalue weighted by Gasteiger charge is -2.21. The van der Waals surface area contributed by atoms with Crippen molar-refractivity contribution in [3.8, 4) is 16.9 Å². The number of hydrogen-bond donors (Lipinski definition) is 2. The molecule has 0 saturated heterocycles. The normalized spacial score (nSPS) is 11.9. The maximum Gasteiger partial charge on any atom is 0.519 e. The Labute approximate surface area is 271 Å². The highest BCUT2D eigenvalue weighted by Crippen LogP contribution is 2.34. The van der Waals surface area contributed by atoms with Gasteiger partial charge in [-0.15, -0.1) is 0 Å². The number of fused-ring (bicyclic) bond motifs is 1. The molecule has 0 aliphatic heterocycles. The van der Waals surface area contributed by atoms with Crippen LogP contribution in [0.5, 0.6) is 5.75 Å². The molecular formula is C33H30ClN3O10. The number of pyridine rings is 1. The molecule has 1 amide bonds. The average Bonchev–Trinajstić information content (AvgIpc) is 3.55. The van der Waals surface area contributed by atoms with Gasteiger partial charge < -0.3 is 33.3 Å². The summed E-state index contributed by atoms with van der Waals surface area (Å²) in [6.45, 7) is 3.01. The monoisotopic (exact) mass is 663 g/mol. The SMILES string of the molecule is COCC[C@H](C(=O)Nc1ccc2c(c1)cc(C(=O)O)n2Cc1oc(=O)oc1C)n1cc(OC)c(-c2cc(Cl)ccc2C(C)=O)cc1=O. The van der Waals surface area contributed by atoms with E-state index in [1.165, 1.54) is 55.5 Å². The molecular weight excluding hydrogens is 634 g/mol. The number of hydrogen-bond acceptors (Lipinski definition) is 9. The first-order valence-corrected chi connectivity index (χ1v) is 14.7. The Morgan fingerprint density at radius 3 is 2.43 bits per heavy atom. The summed E-state index contributed by atoms with van der Waals surface area (Å²) in [5, 5.41) is 13.5. The van der Waals surface area contributed by atoms with Gasteiger partial charge in [0, 0.05) is 58.9 Å². The lowest BCUT2D eigenvalue weighted by molar-refractivity contribution is -0.119. The number of ether oxygens (including phenoxy) is 2. The number of carbonyl (C=O) groups is 3. The van der Waals surface area contributed by atoms with Crippen molar-refractivity contribution in [3.63, 3.8) is 0 Å². The van der Waals surface area contributed by atoms with Crippen molar-refractivity contribution >= 4 is 45.9 Å². The fourth-order valence-corrected chi connectivity index (χ4v) is 5.57. The van der Waals surface area contributed by atoms with Crippen molar-refractivity contribution in [1.82, 2.24) is 9.13 Å². The van der Waals surface area contributed by atoms with Gasteiger partial charge >= 0.3 is 11.8 Å². The zero-order valence-corrected chi connectivity index (χ0v) is 26.5. The van der Waals surface area contributed by atoms with E-state index in [4.69, 9.17) is 29.9 Å². The van der Waals surface area contributed by atoms with Gasteiger partial charge in [-0.3, -0.25) is 19.0 Å². The van der Waals surface area contributed by atoms with E-state index in [1.54, 1.807) is 36.4 Å². The summed E-state index contributed by atoms with van der Waals surface area (Å²) in [5.74, 6) is -2.24. The predicted molar refractivity (Wildman–Crippen MR) is 172 cm³/mol. The first kappa shape index (κ1) is 33.0. The number of carboxylic acid groups (broad SMARTS) is 1. The zero-order valence-electron chi connectivity index (χ0n) is 25.8. The summed E-state index contributed by atoms with van der Waals surface area (Å²) in [5.41, 5.74) is 1.32. The second-order valence-electron chi connectivity index (χ2n) is 10.7. The zero-order chi connectivity index (χ0) is 34.0. The van der Waals surface area contributed by atoms with E-state index in [9.17, 15) is 29.1 Å². The van der Waals surface area contributed by atoms with E-state index in [0.29, 0.717) is 38.3 Å². The Bertz CT molecular complexity index is 2140. The van der Waals surface area contributed by atoms with Crippen LogP contribution in [-0.2, 0) is 16.1 Å². The molecule has 5 aromatic rings. The third-order valence-electron chi connectivity index (χ3n) is 7.67. The molecule has 2 N–H and O–H groups in total. The number of anilines is 1. The van der Waals surface area contributed by atoms with E-state index >= 15 is 0 Å². The van der Waals surface area contributed by atoms with E-state index in [0.717, 1.165) is 0 Å². The number of aromatic nitrogens is 2. The topological polar surface area (TPSA) is 172 Å². The number of benzene rings is 2. The standard InChI is InChI=1S/C33H30ClN3O10/c1-17(38)22-7-5-20(34)13-23(22)24-14-30(39)37(16-29(24)45-4)26(9-10-44-3)31(40)35-21-6-8-25-19(11-21)12-27(32(41)42)36(25)15-28-18(2)46-33(43)47-28/h5-8,11-14,16,26H,9-10,15H2,1-4H3,(H,35,40)(H,41,42)/t26-/m1/s1. The summed E-state index contributed by atoms with van der Waals surface area (Å²) in [4.78, 5) is 63.2. The molecule has 0 unspecified atom stereocenters. The Morgan fingerprint density at radius 2 is 1.79 bits per heavy atom. The first-order valence-electron chi connectivity index (χ1n) is 14.3. The number of nitrogens with one attached hydrogen (secondary N) is 1.